The standard InChI is InChI=1S/C29H29N3O3/c1-2-3-12-26-30-28-24(31-18-7-13-27(31)33)10-6-11-25(28)32(26)19-20-14-16-21(17-15-20)22-8-4-5-9-23(22)29(34)35/h4-6,8-11,14-17H,2-3,7,12-13,18-19H2,1H3,(H,34,35). The van der Waals surface area contributed by atoms with Gasteiger partial charge in [-0.25, -0.2) is 9.78 Å². The molecule has 1 saturated heterocycles. The van der Waals surface area contributed by atoms with E-state index in [1.807, 2.05) is 41.3 Å². The lowest BCUT2D eigenvalue weighted by molar-refractivity contribution is -0.117. The fraction of sp³-hybridized carbons (Fsp3) is 0.276. The lowest BCUT2D eigenvalue weighted by Crippen LogP contribution is -2.23. The van der Waals surface area contributed by atoms with Crippen LogP contribution in [0, 0.1) is 0 Å². The van der Waals surface area contributed by atoms with E-state index >= 15 is 0 Å². The van der Waals surface area contributed by atoms with Gasteiger partial charge in [0.05, 0.1) is 16.8 Å². The molecular formula is C29H29N3O3. The first-order chi connectivity index (χ1) is 17.1. The second-order valence-electron chi connectivity index (χ2n) is 9.06. The van der Waals surface area contributed by atoms with E-state index in [4.69, 9.17) is 4.98 Å². The summed E-state index contributed by atoms with van der Waals surface area (Å²) in [6.07, 6.45) is 4.49. The van der Waals surface area contributed by atoms with E-state index < -0.39 is 5.97 Å². The maximum atomic E-state index is 12.4. The number of hydrogen-bond donors (Lipinski definition) is 1. The zero-order valence-electron chi connectivity index (χ0n) is 19.9. The first-order valence-electron chi connectivity index (χ1n) is 12.3. The van der Waals surface area contributed by atoms with Gasteiger partial charge in [0.25, 0.3) is 0 Å². The summed E-state index contributed by atoms with van der Waals surface area (Å²) in [5, 5.41) is 9.54. The number of aromatic carboxylic acids is 1. The van der Waals surface area contributed by atoms with Crippen molar-refractivity contribution < 1.29 is 14.7 Å². The van der Waals surface area contributed by atoms with Crippen LogP contribution in [0.4, 0.5) is 5.69 Å². The van der Waals surface area contributed by atoms with Crippen LogP contribution in [0.15, 0.2) is 66.7 Å². The van der Waals surface area contributed by atoms with E-state index in [0.717, 1.165) is 65.9 Å². The van der Waals surface area contributed by atoms with Crippen molar-refractivity contribution in [2.24, 2.45) is 0 Å². The van der Waals surface area contributed by atoms with Gasteiger partial charge >= 0.3 is 5.97 Å². The third-order valence-electron chi connectivity index (χ3n) is 6.72. The van der Waals surface area contributed by atoms with Gasteiger partial charge in [-0.1, -0.05) is 61.9 Å². The molecule has 178 valence electrons. The Morgan fingerprint density at radius 2 is 1.83 bits per heavy atom. The highest BCUT2D eigenvalue weighted by Gasteiger charge is 2.25. The molecule has 1 aliphatic heterocycles. The van der Waals surface area contributed by atoms with Crippen LogP contribution >= 0.6 is 0 Å². The summed E-state index contributed by atoms with van der Waals surface area (Å²) >= 11 is 0. The summed E-state index contributed by atoms with van der Waals surface area (Å²) in [5.41, 5.74) is 5.83. The lowest BCUT2D eigenvalue weighted by atomic mass is 9.99. The second-order valence-corrected chi connectivity index (χ2v) is 9.06. The van der Waals surface area contributed by atoms with Crippen molar-refractivity contribution in [3.8, 4) is 11.1 Å². The van der Waals surface area contributed by atoms with Crippen molar-refractivity contribution in [1.82, 2.24) is 9.55 Å². The van der Waals surface area contributed by atoms with E-state index in [9.17, 15) is 14.7 Å². The maximum Gasteiger partial charge on any atom is 0.336 e. The highest BCUT2D eigenvalue weighted by molar-refractivity contribution is 6.03. The van der Waals surface area contributed by atoms with E-state index in [1.165, 1.54) is 0 Å². The molecule has 0 spiro atoms. The quantitative estimate of drug-likeness (QED) is 0.349. The fourth-order valence-electron chi connectivity index (χ4n) is 4.90. The van der Waals surface area contributed by atoms with Crippen LogP contribution in [-0.2, 0) is 17.8 Å². The lowest BCUT2D eigenvalue weighted by Gasteiger charge is -2.16. The molecule has 1 amide bonds. The van der Waals surface area contributed by atoms with Crippen molar-refractivity contribution in [1.29, 1.82) is 0 Å². The van der Waals surface area contributed by atoms with Crippen molar-refractivity contribution in [2.45, 2.75) is 45.6 Å². The van der Waals surface area contributed by atoms with Gasteiger partial charge in [0.2, 0.25) is 5.91 Å². The van der Waals surface area contributed by atoms with Gasteiger partial charge in [0, 0.05) is 25.9 Å². The highest BCUT2D eigenvalue weighted by Crippen LogP contribution is 2.31. The van der Waals surface area contributed by atoms with Crippen LogP contribution in [-0.4, -0.2) is 33.1 Å². The number of hydrogen-bond acceptors (Lipinski definition) is 3. The van der Waals surface area contributed by atoms with Crippen molar-refractivity contribution in [3.05, 3.63) is 83.7 Å². The minimum atomic E-state index is -0.928. The minimum absolute atomic E-state index is 0.166. The summed E-state index contributed by atoms with van der Waals surface area (Å²) in [4.78, 5) is 31.0. The molecule has 1 fully saturated rings. The number of rotatable bonds is 8. The predicted molar refractivity (Wildman–Crippen MR) is 138 cm³/mol. The number of aromatic nitrogens is 2. The molecule has 0 radical (unpaired) electrons. The van der Waals surface area contributed by atoms with Crippen LogP contribution < -0.4 is 4.90 Å². The number of benzene rings is 3. The topological polar surface area (TPSA) is 75.4 Å². The number of carboxylic acids is 1. The van der Waals surface area contributed by atoms with Crippen LogP contribution in [0.2, 0.25) is 0 Å². The van der Waals surface area contributed by atoms with Gasteiger partial charge in [-0.3, -0.25) is 4.79 Å². The van der Waals surface area contributed by atoms with Crippen LogP contribution in [0.25, 0.3) is 22.2 Å². The average Bonchev–Trinajstić information content (AvgIpc) is 3.46. The first-order valence-corrected chi connectivity index (χ1v) is 12.3. The van der Waals surface area contributed by atoms with Crippen LogP contribution in [0.3, 0.4) is 0 Å². The summed E-state index contributed by atoms with van der Waals surface area (Å²) in [7, 11) is 0. The molecule has 5 rings (SSSR count). The Labute approximate surface area is 204 Å². The van der Waals surface area contributed by atoms with E-state index in [2.05, 4.69) is 29.7 Å². The molecule has 6 heteroatoms. The number of aryl methyl sites for hydroxylation is 1. The molecule has 3 aromatic carbocycles. The number of nitrogens with zero attached hydrogens (tertiary/aromatic N) is 3. The summed E-state index contributed by atoms with van der Waals surface area (Å²) in [6.45, 7) is 3.58. The Kier molecular flexibility index (Phi) is 6.36. The number of carbonyl (C=O) groups is 2. The number of carbonyl (C=O) groups excluding carboxylic acids is 1. The van der Waals surface area contributed by atoms with Gasteiger partial charge < -0.3 is 14.6 Å². The molecule has 0 saturated carbocycles. The number of fused-ring (bicyclic) bond motifs is 1. The molecule has 6 nitrogen and oxygen atoms in total. The number of carboxylic acid groups (broad SMARTS) is 1. The zero-order valence-corrected chi connectivity index (χ0v) is 19.9. The largest absolute Gasteiger partial charge is 0.478 e. The summed E-state index contributed by atoms with van der Waals surface area (Å²) in [6, 6.07) is 21.2. The zero-order chi connectivity index (χ0) is 24.4. The van der Waals surface area contributed by atoms with Crippen LogP contribution in [0.1, 0.15) is 54.4 Å². The normalized spacial score (nSPS) is 13.6. The molecule has 1 aromatic heterocycles. The Balaban J connectivity index is 1.51. The van der Waals surface area contributed by atoms with Crippen molar-refractivity contribution in [3.63, 3.8) is 0 Å². The molecule has 2 heterocycles. The number of amides is 1. The van der Waals surface area contributed by atoms with E-state index in [-0.39, 0.29) is 5.91 Å². The predicted octanol–water partition coefficient (Wildman–Crippen LogP) is 5.92. The van der Waals surface area contributed by atoms with Crippen molar-refractivity contribution in [2.75, 3.05) is 11.4 Å². The molecular weight excluding hydrogens is 438 g/mol. The molecule has 4 aromatic rings. The molecule has 0 unspecified atom stereocenters. The van der Waals surface area contributed by atoms with Gasteiger partial charge in [0.1, 0.15) is 11.3 Å². The van der Waals surface area contributed by atoms with E-state index in [1.54, 1.807) is 12.1 Å². The van der Waals surface area contributed by atoms with Gasteiger partial charge in [-0.15, -0.1) is 0 Å². The van der Waals surface area contributed by atoms with Crippen LogP contribution in [0.5, 0.6) is 0 Å². The van der Waals surface area contributed by atoms with Gasteiger partial charge in [-0.05, 0) is 47.7 Å². The maximum absolute atomic E-state index is 12.4. The molecule has 1 N–H and O–H groups in total. The van der Waals surface area contributed by atoms with Gasteiger partial charge in [0.15, 0.2) is 0 Å². The third-order valence-corrected chi connectivity index (χ3v) is 6.72. The molecule has 0 atom stereocenters. The number of para-hydroxylation sites is 1. The number of imidazole rings is 1. The number of unbranched alkanes of at least 4 members (excludes halogenated alkanes) is 1. The molecule has 0 aliphatic carbocycles. The Bertz CT molecular complexity index is 1390. The van der Waals surface area contributed by atoms with Gasteiger partial charge in [-0.2, -0.15) is 0 Å². The highest BCUT2D eigenvalue weighted by atomic mass is 16.4. The SMILES string of the molecule is CCCCc1nc2c(N3CCCC3=O)cccc2n1Cc1ccc(-c2ccccc2C(=O)O)cc1. The second kappa shape index (κ2) is 9.74. The Hall–Kier alpha value is -3.93. The summed E-state index contributed by atoms with van der Waals surface area (Å²) in [5.74, 6) is 0.267. The first kappa shape index (κ1) is 22.8. The smallest absolute Gasteiger partial charge is 0.336 e. The van der Waals surface area contributed by atoms with E-state index in [0.29, 0.717) is 24.1 Å². The molecule has 1 aliphatic rings. The van der Waals surface area contributed by atoms with Crippen molar-refractivity contribution >= 4 is 28.6 Å². The third kappa shape index (κ3) is 4.44. The minimum Gasteiger partial charge on any atom is -0.478 e. The molecule has 35 heavy (non-hydrogen) atoms. The fourth-order valence-corrected chi connectivity index (χ4v) is 4.90. The molecule has 0 bridgehead atoms. The monoisotopic (exact) mass is 467 g/mol. The summed E-state index contributed by atoms with van der Waals surface area (Å²) < 4.78 is 2.26. The number of anilines is 1. The Morgan fingerprint density at radius 3 is 2.54 bits per heavy atom. The Morgan fingerprint density at radius 1 is 1.03 bits per heavy atom. The average molecular weight is 468 g/mol.